The summed E-state index contributed by atoms with van der Waals surface area (Å²) in [5, 5.41) is 13.7. The molecular weight excluding hydrogens is 899 g/mol. The number of aliphatic hydroxyl groups is 1. The van der Waals surface area contributed by atoms with Crippen LogP contribution in [-0.2, 0) is 36.7 Å². The standard InChI is InChI=1S/C36H36NOS.C15H28O2.Ir/c1-20(2)15-33-22(4)28-17-25(13-14-32(28)38-33)29-19-31(37-34-21(3)23(5)39-35(29)34)26-16-24-11-9-10-12-27(24)30(18-26)36(6,7)8;1-7-14(5,8-2)12(16)11-13(17)15(6,9-3)10-4;/h9-14,17-20H,15H2,1-8H3;11,16H,7-10H2,1-6H3;/q-1;;/b;12-11-;. The van der Waals surface area contributed by atoms with Gasteiger partial charge in [-0.05, 0) is 92.2 Å². The Morgan fingerprint density at radius 1 is 0.860 bits per heavy atom. The minimum absolute atomic E-state index is 0. The smallest absolute Gasteiger partial charge is 0.164 e. The second kappa shape index (κ2) is 18.1. The Morgan fingerprint density at radius 2 is 1.49 bits per heavy atom. The van der Waals surface area contributed by atoms with Crippen molar-refractivity contribution in [3.8, 4) is 22.4 Å². The van der Waals surface area contributed by atoms with Gasteiger partial charge in [0.1, 0.15) is 17.1 Å². The number of aliphatic hydroxyl groups excluding tert-OH is 1. The zero-order valence-corrected chi connectivity index (χ0v) is 40.1. The molecule has 3 aromatic heterocycles. The molecule has 0 aliphatic carbocycles. The molecular formula is C51H64IrNO3S-. The number of carbonyl (C=O) groups is 1. The van der Waals surface area contributed by atoms with Crippen molar-refractivity contribution < 1.29 is 34.4 Å². The van der Waals surface area contributed by atoms with Crippen LogP contribution in [0.25, 0.3) is 54.3 Å². The van der Waals surface area contributed by atoms with Crippen LogP contribution in [0.5, 0.6) is 0 Å². The van der Waals surface area contributed by atoms with Crippen molar-refractivity contribution >= 4 is 49.1 Å². The summed E-state index contributed by atoms with van der Waals surface area (Å²) >= 11 is 1.84. The van der Waals surface area contributed by atoms with E-state index in [-0.39, 0.29) is 47.9 Å². The summed E-state index contributed by atoms with van der Waals surface area (Å²) in [6, 6.07) is 23.5. The average Bonchev–Trinajstić information content (AvgIpc) is 3.65. The molecule has 57 heavy (non-hydrogen) atoms. The molecule has 6 aromatic rings. The van der Waals surface area contributed by atoms with Gasteiger partial charge in [0.25, 0.3) is 0 Å². The predicted octanol–water partition coefficient (Wildman–Crippen LogP) is 15.4. The molecule has 0 amide bonds. The van der Waals surface area contributed by atoms with E-state index >= 15 is 0 Å². The van der Waals surface area contributed by atoms with Crippen molar-refractivity contribution in [3.05, 3.63) is 99.8 Å². The molecule has 1 radical (unpaired) electrons. The van der Waals surface area contributed by atoms with Crippen molar-refractivity contribution in [1.82, 2.24) is 4.98 Å². The average molecular weight is 963 g/mol. The molecule has 0 saturated carbocycles. The molecule has 0 saturated heterocycles. The fourth-order valence-electron chi connectivity index (χ4n) is 7.32. The van der Waals surface area contributed by atoms with E-state index in [1.54, 1.807) is 0 Å². The molecule has 6 heteroatoms. The number of nitrogens with zero attached hydrogens (tertiary/aromatic N) is 1. The molecule has 0 fully saturated rings. The normalized spacial score (nSPS) is 12.6. The van der Waals surface area contributed by atoms with Gasteiger partial charge >= 0.3 is 0 Å². The van der Waals surface area contributed by atoms with Crippen molar-refractivity contribution in [2.45, 2.75) is 134 Å². The summed E-state index contributed by atoms with van der Waals surface area (Å²) in [5.74, 6) is 1.94. The van der Waals surface area contributed by atoms with Crippen LogP contribution >= 0.6 is 11.3 Å². The minimum atomic E-state index is -0.337. The zero-order chi connectivity index (χ0) is 41.3. The number of pyridine rings is 1. The third kappa shape index (κ3) is 9.51. The summed E-state index contributed by atoms with van der Waals surface area (Å²) < 4.78 is 7.52. The first-order valence-electron chi connectivity index (χ1n) is 20.6. The molecule has 0 aliphatic rings. The summed E-state index contributed by atoms with van der Waals surface area (Å²) in [5.41, 5.74) is 9.74. The Kier molecular flexibility index (Phi) is 14.7. The minimum Gasteiger partial charge on any atom is -0.512 e. The Hall–Kier alpha value is -3.57. The number of furan rings is 1. The fraction of sp³-hybridized carbons (Fsp3) is 0.451. The van der Waals surface area contributed by atoms with Crippen LogP contribution < -0.4 is 0 Å². The van der Waals surface area contributed by atoms with Gasteiger partial charge in [-0.2, -0.15) is 0 Å². The maximum atomic E-state index is 12.2. The number of thiophene rings is 1. The van der Waals surface area contributed by atoms with E-state index in [1.165, 1.54) is 54.2 Å². The number of rotatable bonds is 11. The van der Waals surface area contributed by atoms with E-state index in [2.05, 4.69) is 116 Å². The van der Waals surface area contributed by atoms with Crippen LogP contribution in [0.15, 0.2) is 70.8 Å². The van der Waals surface area contributed by atoms with Gasteiger partial charge < -0.3 is 9.52 Å². The number of hydrogen-bond donors (Lipinski definition) is 1. The molecule has 3 aromatic carbocycles. The molecule has 6 rings (SSSR count). The first-order valence-corrected chi connectivity index (χ1v) is 21.5. The van der Waals surface area contributed by atoms with Crippen molar-refractivity contribution in [3.63, 3.8) is 0 Å². The first-order chi connectivity index (χ1) is 26.3. The predicted molar refractivity (Wildman–Crippen MR) is 241 cm³/mol. The molecule has 3 heterocycles. The van der Waals surface area contributed by atoms with E-state index in [9.17, 15) is 9.90 Å². The number of aryl methyl sites for hydroxylation is 3. The Labute approximate surface area is 359 Å². The Morgan fingerprint density at radius 3 is 2.09 bits per heavy atom. The van der Waals surface area contributed by atoms with Gasteiger partial charge in [0.05, 0.1) is 10.2 Å². The number of fused-ring (bicyclic) bond motifs is 3. The van der Waals surface area contributed by atoms with Crippen molar-refractivity contribution in [2.24, 2.45) is 16.7 Å². The molecule has 1 N–H and O–H groups in total. The van der Waals surface area contributed by atoms with Crippen LogP contribution in [0.2, 0.25) is 0 Å². The SMILES string of the molecule is CCC(C)(CC)C(=O)/C=C(\O)C(C)(CC)CC.Cc1sc2c(-c3ccc4oc(CC(C)C)c(C)c4c3)cc(-c3[c-]c4ccccc4c(C(C)(C)C)c3)nc2c1C.[Ir]. The molecule has 307 valence electrons. The van der Waals surface area contributed by atoms with Gasteiger partial charge in [-0.25, -0.2) is 0 Å². The number of carbonyl (C=O) groups excluding carboxylic acids is 1. The van der Waals surface area contributed by atoms with Crippen LogP contribution in [0.4, 0.5) is 0 Å². The molecule has 0 spiro atoms. The van der Waals surface area contributed by atoms with E-state index in [4.69, 9.17) is 9.40 Å². The van der Waals surface area contributed by atoms with E-state index < -0.39 is 0 Å². The van der Waals surface area contributed by atoms with Gasteiger partial charge in [0, 0.05) is 59.4 Å². The van der Waals surface area contributed by atoms with Gasteiger partial charge in [-0.1, -0.05) is 117 Å². The van der Waals surface area contributed by atoms with Crippen LogP contribution in [0, 0.1) is 43.6 Å². The molecule has 0 unspecified atom stereocenters. The summed E-state index contributed by atoms with van der Waals surface area (Å²) in [6.45, 7) is 30.0. The van der Waals surface area contributed by atoms with E-state index in [0.29, 0.717) is 5.92 Å². The van der Waals surface area contributed by atoms with Gasteiger partial charge in [-0.3, -0.25) is 9.78 Å². The number of hydrogen-bond acceptors (Lipinski definition) is 5. The third-order valence-electron chi connectivity index (χ3n) is 12.5. The zero-order valence-electron chi connectivity index (χ0n) is 36.8. The number of ketones is 1. The third-order valence-corrected chi connectivity index (χ3v) is 13.7. The maximum Gasteiger partial charge on any atom is 0.164 e. The number of benzene rings is 3. The van der Waals surface area contributed by atoms with E-state index in [0.717, 1.165) is 65.6 Å². The van der Waals surface area contributed by atoms with Crippen molar-refractivity contribution in [1.29, 1.82) is 0 Å². The molecule has 0 atom stereocenters. The Bertz CT molecular complexity index is 2400. The Balaban J connectivity index is 0.000000341. The van der Waals surface area contributed by atoms with Gasteiger partial charge in [0.15, 0.2) is 5.78 Å². The topological polar surface area (TPSA) is 63.3 Å². The quantitative estimate of drug-likeness (QED) is 0.0798. The van der Waals surface area contributed by atoms with Crippen LogP contribution in [0.3, 0.4) is 0 Å². The molecule has 4 nitrogen and oxygen atoms in total. The number of allylic oxidation sites excluding steroid dienone is 2. The number of aromatic nitrogens is 1. The van der Waals surface area contributed by atoms with E-state index in [1.807, 2.05) is 52.9 Å². The summed E-state index contributed by atoms with van der Waals surface area (Å²) in [4.78, 5) is 18.8. The van der Waals surface area contributed by atoms with Gasteiger partial charge in [0.2, 0.25) is 0 Å². The molecule has 0 aliphatic heterocycles. The first kappa shape index (κ1) is 46.1. The van der Waals surface area contributed by atoms with Crippen molar-refractivity contribution in [2.75, 3.05) is 0 Å². The maximum absolute atomic E-state index is 12.2. The van der Waals surface area contributed by atoms with Crippen LogP contribution in [-0.4, -0.2) is 15.9 Å². The largest absolute Gasteiger partial charge is 0.512 e. The summed E-state index contributed by atoms with van der Waals surface area (Å²) in [7, 11) is 0. The van der Waals surface area contributed by atoms with Gasteiger partial charge in [-0.15, -0.1) is 40.5 Å². The van der Waals surface area contributed by atoms with Crippen LogP contribution in [0.1, 0.15) is 129 Å². The fourth-order valence-corrected chi connectivity index (χ4v) is 8.45. The second-order valence-corrected chi connectivity index (χ2v) is 19.0. The summed E-state index contributed by atoms with van der Waals surface area (Å²) in [6.07, 6.45) is 5.71. The monoisotopic (exact) mass is 963 g/mol. The molecule has 0 bridgehead atoms. The second-order valence-electron chi connectivity index (χ2n) is 17.8.